The number of ether oxygens (including phenoxy) is 1. The zero-order valence-electron chi connectivity index (χ0n) is 11.1. The summed E-state index contributed by atoms with van der Waals surface area (Å²) < 4.78 is 31.2. The predicted molar refractivity (Wildman–Crippen MR) is 74.6 cm³/mol. The van der Waals surface area contributed by atoms with E-state index in [4.69, 9.17) is 22.1 Å². The topological polar surface area (TPSA) is 85.5 Å². The summed E-state index contributed by atoms with van der Waals surface area (Å²) in [7, 11) is -2.14. The van der Waals surface area contributed by atoms with Crippen LogP contribution in [0.15, 0.2) is 17.2 Å². The number of pyridine rings is 1. The molecule has 0 saturated heterocycles. The van der Waals surface area contributed by atoms with E-state index in [-0.39, 0.29) is 28.3 Å². The molecule has 0 aliphatic carbocycles. The molecule has 0 amide bonds. The number of aromatic nitrogens is 1. The van der Waals surface area contributed by atoms with Gasteiger partial charge in [0.25, 0.3) is 0 Å². The third kappa shape index (κ3) is 3.79. The van der Waals surface area contributed by atoms with Crippen molar-refractivity contribution in [3.8, 4) is 0 Å². The molecule has 1 rings (SSSR count). The fraction of sp³-hybridized carbons (Fsp3) is 0.545. The molecule has 1 aromatic heterocycles. The number of rotatable bonds is 6. The Morgan fingerprint density at radius 3 is 2.63 bits per heavy atom. The molecule has 0 fully saturated rings. The van der Waals surface area contributed by atoms with Crippen LogP contribution in [0.5, 0.6) is 0 Å². The van der Waals surface area contributed by atoms with Gasteiger partial charge in [-0.25, -0.2) is 13.4 Å². The first-order valence-electron chi connectivity index (χ1n) is 5.72. The highest BCUT2D eigenvalue weighted by atomic mass is 35.5. The molecule has 0 aromatic carbocycles. The van der Waals surface area contributed by atoms with Gasteiger partial charge in [-0.05, 0) is 19.9 Å². The van der Waals surface area contributed by atoms with E-state index in [1.165, 1.54) is 23.7 Å². The van der Waals surface area contributed by atoms with Gasteiger partial charge in [0, 0.05) is 25.9 Å². The predicted octanol–water partition coefficient (Wildman–Crippen LogP) is 1.36. The fourth-order valence-electron chi connectivity index (χ4n) is 1.54. The first kappa shape index (κ1) is 16.2. The van der Waals surface area contributed by atoms with Gasteiger partial charge in [0.2, 0.25) is 10.0 Å². The Labute approximate surface area is 118 Å². The van der Waals surface area contributed by atoms with E-state index < -0.39 is 10.0 Å². The highest BCUT2D eigenvalue weighted by Gasteiger charge is 2.27. The highest BCUT2D eigenvalue weighted by Crippen LogP contribution is 2.23. The maximum atomic E-state index is 12.5. The van der Waals surface area contributed by atoms with Crippen LogP contribution in [0.2, 0.25) is 5.02 Å². The van der Waals surface area contributed by atoms with Crippen LogP contribution in [0.4, 0.5) is 5.82 Å². The smallest absolute Gasteiger partial charge is 0.244 e. The van der Waals surface area contributed by atoms with Crippen LogP contribution in [0.3, 0.4) is 0 Å². The molecule has 0 radical (unpaired) electrons. The van der Waals surface area contributed by atoms with Crippen molar-refractivity contribution >= 4 is 27.4 Å². The van der Waals surface area contributed by atoms with Crippen LogP contribution in [-0.4, -0.2) is 44.0 Å². The SMILES string of the molecule is COCCN(C(C)C)S(=O)(=O)c1cnc(N)c(Cl)c1. The van der Waals surface area contributed by atoms with Crippen molar-refractivity contribution in [2.75, 3.05) is 26.0 Å². The van der Waals surface area contributed by atoms with E-state index in [1.54, 1.807) is 13.8 Å². The molecule has 0 spiro atoms. The number of methoxy groups -OCH3 is 1. The molecule has 0 saturated carbocycles. The summed E-state index contributed by atoms with van der Waals surface area (Å²) in [5.74, 6) is 0.105. The Hall–Kier alpha value is -0.890. The standard InChI is InChI=1S/C11H18ClN3O3S/c1-8(2)15(4-5-18-3)19(16,17)9-6-10(12)11(13)14-7-9/h6-8H,4-5H2,1-3H3,(H2,13,14). The molecular weight excluding hydrogens is 290 g/mol. The molecule has 8 heteroatoms. The Balaban J connectivity index is 3.15. The van der Waals surface area contributed by atoms with Gasteiger partial charge < -0.3 is 10.5 Å². The molecule has 0 aliphatic heterocycles. The number of nitrogen functional groups attached to an aromatic ring is 1. The van der Waals surface area contributed by atoms with Gasteiger partial charge in [-0.2, -0.15) is 4.31 Å². The van der Waals surface area contributed by atoms with Crippen LogP contribution in [0, 0.1) is 0 Å². The minimum absolute atomic E-state index is 0.0245. The van der Waals surface area contributed by atoms with Gasteiger partial charge in [0.15, 0.2) is 0 Å². The summed E-state index contributed by atoms with van der Waals surface area (Å²) in [5.41, 5.74) is 5.48. The zero-order valence-corrected chi connectivity index (χ0v) is 12.7. The number of hydrogen-bond acceptors (Lipinski definition) is 5. The quantitative estimate of drug-likeness (QED) is 0.857. The van der Waals surface area contributed by atoms with E-state index in [9.17, 15) is 8.42 Å². The number of nitrogens with zero attached hydrogens (tertiary/aromatic N) is 2. The summed E-state index contributed by atoms with van der Waals surface area (Å²) in [5, 5.41) is 0.122. The first-order chi connectivity index (χ1) is 8.80. The van der Waals surface area contributed by atoms with E-state index >= 15 is 0 Å². The number of sulfonamides is 1. The van der Waals surface area contributed by atoms with E-state index in [1.807, 2.05) is 0 Å². The summed E-state index contributed by atoms with van der Waals surface area (Å²) in [4.78, 5) is 3.80. The summed E-state index contributed by atoms with van der Waals surface area (Å²) in [6.07, 6.45) is 1.21. The minimum Gasteiger partial charge on any atom is -0.383 e. The third-order valence-electron chi connectivity index (χ3n) is 2.54. The maximum Gasteiger partial charge on any atom is 0.244 e. The second kappa shape index (κ2) is 6.51. The van der Waals surface area contributed by atoms with Gasteiger partial charge in [0.05, 0.1) is 11.6 Å². The molecule has 6 nitrogen and oxygen atoms in total. The minimum atomic E-state index is -3.66. The first-order valence-corrected chi connectivity index (χ1v) is 7.54. The van der Waals surface area contributed by atoms with Gasteiger partial charge in [-0.15, -0.1) is 0 Å². The Morgan fingerprint density at radius 2 is 2.16 bits per heavy atom. The lowest BCUT2D eigenvalue weighted by atomic mass is 10.4. The average molecular weight is 308 g/mol. The normalized spacial score (nSPS) is 12.3. The molecule has 1 aromatic rings. The van der Waals surface area contributed by atoms with Gasteiger partial charge >= 0.3 is 0 Å². The van der Waals surface area contributed by atoms with Crippen molar-refractivity contribution in [2.24, 2.45) is 0 Å². The highest BCUT2D eigenvalue weighted by molar-refractivity contribution is 7.89. The number of hydrogen-bond donors (Lipinski definition) is 1. The largest absolute Gasteiger partial charge is 0.383 e. The van der Waals surface area contributed by atoms with Crippen molar-refractivity contribution in [1.29, 1.82) is 0 Å². The molecule has 0 atom stereocenters. The van der Waals surface area contributed by atoms with Crippen LogP contribution in [0.25, 0.3) is 0 Å². The molecule has 1 heterocycles. The number of nitrogens with two attached hydrogens (primary N) is 1. The van der Waals surface area contributed by atoms with Gasteiger partial charge in [0.1, 0.15) is 10.7 Å². The molecule has 0 aliphatic rings. The van der Waals surface area contributed by atoms with Crippen LogP contribution in [-0.2, 0) is 14.8 Å². The van der Waals surface area contributed by atoms with Crippen molar-refractivity contribution in [3.05, 3.63) is 17.3 Å². The second-order valence-electron chi connectivity index (χ2n) is 4.24. The molecule has 0 unspecified atom stereocenters. The van der Waals surface area contributed by atoms with Crippen LogP contribution < -0.4 is 5.73 Å². The van der Waals surface area contributed by atoms with Crippen LogP contribution >= 0.6 is 11.6 Å². The number of halogens is 1. The lowest BCUT2D eigenvalue weighted by Crippen LogP contribution is -2.39. The van der Waals surface area contributed by atoms with Crippen LogP contribution in [0.1, 0.15) is 13.8 Å². The fourth-order valence-corrected chi connectivity index (χ4v) is 3.37. The number of anilines is 1. The van der Waals surface area contributed by atoms with Crippen molar-refractivity contribution in [2.45, 2.75) is 24.8 Å². The van der Waals surface area contributed by atoms with Gasteiger partial charge in [-0.3, -0.25) is 0 Å². The Kier molecular flexibility index (Phi) is 5.54. The molecule has 19 heavy (non-hydrogen) atoms. The molecular formula is C11H18ClN3O3S. The van der Waals surface area contributed by atoms with E-state index in [0.29, 0.717) is 6.61 Å². The van der Waals surface area contributed by atoms with Crippen molar-refractivity contribution in [3.63, 3.8) is 0 Å². The Morgan fingerprint density at radius 1 is 1.53 bits per heavy atom. The summed E-state index contributed by atoms with van der Waals surface area (Å²) in [6, 6.07) is 1.11. The van der Waals surface area contributed by atoms with E-state index in [0.717, 1.165) is 0 Å². The van der Waals surface area contributed by atoms with Crippen molar-refractivity contribution < 1.29 is 13.2 Å². The monoisotopic (exact) mass is 307 g/mol. The lowest BCUT2D eigenvalue weighted by Gasteiger charge is -2.25. The summed E-state index contributed by atoms with van der Waals surface area (Å²) >= 11 is 5.81. The second-order valence-corrected chi connectivity index (χ2v) is 6.54. The van der Waals surface area contributed by atoms with Gasteiger partial charge in [-0.1, -0.05) is 11.6 Å². The Bertz CT molecular complexity index is 534. The third-order valence-corrected chi connectivity index (χ3v) is 4.89. The van der Waals surface area contributed by atoms with Crippen molar-refractivity contribution in [1.82, 2.24) is 9.29 Å². The maximum absolute atomic E-state index is 12.5. The summed E-state index contributed by atoms with van der Waals surface area (Å²) in [6.45, 7) is 4.16. The molecule has 2 N–H and O–H groups in total. The average Bonchev–Trinajstić information content (AvgIpc) is 2.32. The lowest BCUT2D eigenvalue weighted by molar-refractivity contribution is 0.171. The molecule has 0 bridgehead atoms. The van der Waals surface area contributed by atoms with E-state index in [2.05, 4.69) is 4.98 Å². The molecule has 108 valence electrons. The zero-order chi connectivity index (χ0) is 14.6.